The Bertz CT molecular complexity index is 767. The molecule has 3 nitrogen and oxygen atoms in total. The van der Waals surface area contributed by atoms with E-state index in [4.69, 9.17) is 28.2 Å². The monoisotopic (exact) mass is 335 g/mol. The fourth-order valence-electron chi connectivity index (χ4n) is 1.91. The van der Waals surface area contributed by atoms with Gasteiger partial charge in [-0.2, -0.15) is 0 Å². The van der Waals surface area contributed by atoms with Gasteiger partial charge < -0.3 is 4.42 Å². The van der Waals surface area contributed by atoms with Crippen LogP contribution in [0.25, 0.3) is 17.4 Å². The van der Waals surface area contributed by atoms with Crippen molar-refractivity contribution in [2.75, 3.05) is 7.05 Å². The Morgan fingerprint density at radius 1 is 1.29 bits per heavy atom. The number of halogens is 1. The van der Waals surface area contributed by atoms with Crippen LogP contribution in [0, 0.1) is 0 Å². The third-order valence-corrected chi connectivity index (χ3v) is 4.84. The molecule has 6 heteroatoms. The number of carbonyl (C=O) groups is 1. The second kappa shape index (κ2) is 5.67. The van der Waals surface area contributed by atoms with Gasteiger partial charge in [0.1, 0.15) is 15.8 Å². The molecule has 0 unspecified atom stereocenters. The van der Waals surface area contributed by atoms with Gasteiger partial charge >= 0.3 is 0 Å². The van der Waals surface area contributed by atoms with E-state index in [0.29, 0.717) is 25.8 Å². The van der Waals surface area contributed by atoms with E-state index in [1.807, 2.05) is 24.3 Å². The number of carbonyl (C=O) groups excluding carboxylic acids is 1. The van der Waals surface area contributed by atoms with Gasteiger partial charge in [-0.25, -0.2) is 0 Å². The van der Waals surface area contributed by atoms with Crippen LogP contribution in [-0.4, -0.2) is 22.2 Å². The molecule has 0 radical (unpaired) electrons. The molecule has 0 spiro atoms. The zero-order valence-corrected chi connectivity index (χ0v) is 13.4. The quantitative estimate of drug-likeness (QED) is 0.600. The number of benzene rings is 1. The Hall–Kier alpha value is -1.56. The highest BCUT2D eigenvalue weighted by Gasteiger charge is 2.29. The van der Waals surface area contributed by atoms with Crippen LogP contribution in [0.3, 0.4) is 0 Å². The molecular formula is C15H10ClNO2S2. The molecule has 1 aliphatic rings. The molecule has 1 aliphatic heterocycles. The van der Waals surface area contributed by atoms with Crippen molar-refractivity contribution in [3.63, 3.8) is 0 Å². The lowest BCUT2D eigenvalue weighted by molar-refractivity contribution is -0.121. The number of hydrogen-bond donors (Lipinski definition) is 0. The Morgan fingerprint density at radius 3 is 2.71 bits per heavy atom. The molecule has 1 aromatic heterocycles. The van der Waals surface area contributed by atoms with Crippen molar-refractivity contribution in [1.29, 1.82) is 0 Å². The van der Waals surface area contributed by atoms with Crippen molar-refractivity contribution in [2.45, 2.75) is 0 Å². The lowest BCUT2D eigenvalue weighted by Gasteiger charge is -2.03. The molecule has 3 rings (SSSR count). The molecular weight excluding hydrogens is 326 g/mol. The van der Waals surface area contributed by atoms with E-state index in [1.54, 1.807) is 25.3 Å². The highest BCUT2D eigenvalue weighted by Crippen LogP contribution is 2.33. The lowest BCUT2D eigenvalue weighted by Crippen LogP contribution is -2.22. The van der Waals surface area contributed by atoms with Gasteiger partial charge in [-0.05, 0) is 24.3 Å². The molecule has 21 heavy (non-hydrogen) atoms. The van der Waals surface area contributed by atoms with E-state index in [-0.39, 0.29) is 5.91 Å². The van der Waals surface area contributed by atoms with Crippen molar-refractivity contribution in [3.8, 4) is 11.3 Å². The molecule has 2 aromatic rings. The van der Waals surface area contributed by atoms with Crippen LogP contribution >= 0.6 is 35.6 Å². The number of hydrogen-bond acceptors (Lipinski definition) is 4. The summed E-state index contributed by atoms with van der Waals surface area (Å²) in [6.45, 7) is 0. The average Bonchev–Trinajstić information content (AvgIpc) is 3.01. The molecule has 0 aliphatic carbocycles. The molecule has 2 heterocycles. The van der Waals surface area contributed by atoms with E-state index in [1.165, 1.54) is 16.7 Å². The molecule has 1 amide bonds. The van der Waals surface area contributed by atoms with E-state index < -0.39 is 0 Å². The maximum atomic E-state index is 11.9. The van der Waals surface area contributed by atoms with Gasteiger partial charge in [0.15, 0.2) is 0 Å². The van der Waals surface area contributed by atoms with Gasteiger partial charge in [-0.3, -0.25) is 9.69 Å². The summed E-state index contributed by atoms with van der Waals surface area (Å²) in [7, 11) is 1.66. The number of furan rings is 1. The van der Waals surface area contributed by atoms with E-state index in [2.05, 4.69) is 0 Å². The number of likely N-dealkylation sites (N-methyl/N-ethyl adjacent to an activating group) is 1. The zero-order valence-electron chi connectivity index (χ0n) is 11.0. The average molecular weight is 336 g/mol. The Balaban J connectivity index is 1.92. The predicted molar refractivity (Wildman–Crippen MR) is 90.1 cm³/mol. The lowest BCUT2D eigenvalue weighted by atomic mass is 10.2. The second-order valence-corrected chi connectivity index (χ2v) is 6.51. The Kier molecular flexibility index (Phi) is 3.89. The molecule has 1 aromatic carbocycles. The molecule has 106 valence electrons. The number of amides is 1. The van der Waals surface area contributed by atoms with Crippen LogP contribution in [0.2, 0.25) is 5.02 Å². The summed E-state index contributed by atoms with van der Waals surface area (Å²) in [4.78, 5) is 13.9. The van der Waals surface area contributed by atoms with Crippen LogP contribution in [0.15, 0.2) is 45.7 Å². The van der Waals surface area contributed by atoms with Gasteiger partial charge in [-0.1, -0.05) is 47.7 Å². The van der Waals surface area contributed by atoms with Gasteiger partial charge in [0.2, 0.25) is 0 Å². The second-order valence-electron chi connectivity index (χ2n) is 4.42. The normalized spacial score (nSPS) is 17.0. The molecule has 0 N–H and O–H groups in total. The Morgan fingerprint density at radius 2 is 2.05 bits per heavy atom. The van der Waals surface area contributed by atoms with Crippen molar-refractivity contribution in [3.05, 3.63) is 52.1 Å². The summed E-state index contributed by atoms with van der Waals surface area (Å²) in [5, 5.41) is 0.623. The SMILES string of the molecule is CN1C(=O)C(=Cc2ccc(-c3ccccc3Cl)o2)SC1=S. The minimum absolute atomic E-state index is 0.110. The van der Waals surface area contributed by atoms with Crippen LogP contribution < -0.4 is 0 Å². The van der Waals surface area contributed by atoms with E-state index >= 15 is 0 Å². The number of thiocarbonyl (C=S) groups is 1. The minimum atomic E-state index is -0.110. The Labute approximate surface area is 136 Å². The van der Waals surface area contributed by atoms with E-state index in [9.17, 15) is 4.79 Å². The summed E-state index contributed by atoms with van der Waals surface area (Å²) < 4.78 is 6.29. The first kappa shape index (κ1) is 14.4. The van der Waals surface area contributed by atoms with Crippen LogP contribution in [-0.2, 0) is 4.79 Å². The van der Waals surface area contributed by atoms with Crippen molar-refractivity contribution >= 4 is 51.9 Å². The third-order valence-electron chi connectivity index (χ3n) is 3.03. The van der Waals surface area contributed by atoms with Crippen molar-refractivity contribution in [2.24, 2.45) is 0 Å². The van der Waals surface area contributed by atoms with Gasteiger partial charge in [0.25, 0.3) is 5.91 Å². The van der Waals surface area contributed by atoms with Crippen molar-refractivity contribution in [1.82, 2.24) is 4.90 Å². The molecule has 0 bridgehead atoms. The summed E-state index contributed by atoms with van der Waals surface area (Å²) in [5.41, 5.74) is 0.821. The first-order valence-electron chi connectivity index (χ1n) is 6.12. The topological polar surface area (TPSA) is 33.5 Å². The van der Waals surface area contributed by atoms with Crippen LogP contribution in [0.4, 0.5) is 0 Å². The predicted octanol–water partition coefficient (Wildman–Crippen LogP) is 4.43. The van der Waals surface area contributed by atoms with Gasteiger partial charge in [0.05, 0.1) is 9.93 Å². The number of thioether (sulfide) groups is 1. The first-order valence-corrected chi connectivity index (χ1v) is 7.73. The molecule has 0 atom stereocenters. The first-order chi connectivity index (χ1) is 10.1. The summed E-state index contributed by atoms with van der Waals surface area (Å²) in [6, 6.07) is 11.1. The van der Waals surface area contributed by atoms with Gasteiger partial charge in [-0.15, -0.1) is 0 Å². The highest BCUT2D eigenvalue weighted by molar-refractivity contribution is 8.26. The van der Waals surface area contributed by atoms with Crippen LogP contribution in [0.1, 0.15) is 5.76 Å². The van der Waals surface area contributed by atoms with E-state index in [0.717, 1.165) is 5.56 Å². The largest absolute Gasteiger partial charge is 0.457 e. The number of rotatable bonds is 2. The summed E-state index contributed by atoms with van der Waals surface area (Å²) in [5.74, 6) is 1.15. The molecule has 1 saturated heterocycles. The third kappa shape index (κ3) is 2.77. The molecule has 1 fully saturated rings. The minimum Gasteiger partial charge on any atom is -0.457 e. The smallest absolute Gasteiger partial charge is 0.266 e. The van der Waals surface area contributed by atoms with Crippen molar-refractivity contribution < 1.29 is 9.21 Å². The standard InChI is InChI=1S/C15H10ClNO2S2/c1-17-14(18)13(21-15(17)20)8-9-6-7-12(19-9)10-4-2-3-5-11(10)16/h2-8H,1H3. The zero-order chi connectivity index (χ0) is 15.0. The van der Waals surface area contributed by atoms with Crippen LogP contribution in [0.5, 0.6) is 0 Å². The summed E-state index contributed by atoms with van der Waals surface area (Å²) >= 11 is 12.5. The fraction of sp³-hybridized carbons (Fsp3) is 0.0667. The summed E-state index contributed by atoms with van der Waals surface area (Å²) in [6.07, 6.45) is 1.70. The fourth-order valence-corrected chi connectivity index (χ4v) is 3.30. The van der Waals surface area contributed by atoms with Gasteiger partial charge in [0, 0.05) is 18.7 Å². The highest BCUT2D eigenvalue weighted by atomic mass is 35.5. The number of nitrogens with zero attached hydrogens (tertiary/aromatic N) is 1. The maximum Gasteiger partial charge on any atom is 0.266 e. The molecule has 0 saturated carbocycles. The maximum absolute atomic E-state index is 11.9.